The third-order valence-electron chi connectivity index (χ3n) is 3.95. The van der Waals surface area contributed by atoms with Crippen LogP contribution in [0.5, 0.6) is 0 Å². The molecule has 3 aromatic rings. The standard InChI is InChI=1S/C19H17FN4O3S/c1-24-19(13-2-5-15(20)6-3-13)14(12-22-24)4-11-18(25)23-16-7-9-17(10-8-16)28(21,26)27/h2-12H,1H3,(H,23,25)(H2,21,26,27). The Hall–Kier alpha value is -3.30. The van der Waals surface area contributed by atoms with E-state index < -0.39 is 15.9 Å². The van der Waals surface area contributed by atoms with Crippen LogP contribution in [-0.2, 0) is 21.9 Å². The molecule has 3 N–H and O–H groups in total. The fourth-order valence-corrected chi connectivity index (χ4v) is 3.13. The summed E-state index contributed by atoms with van der Waals surface area (Å²) in [5.74, 6) is -0.742. The molecule has 0 unspecified atom stereocenters. The van der Waals surface area contributed by atoms with E-state index in [-0.39, 0.29) is 10.7 Å². The van der Waals surface area contributed by atoms with Gasteiger partial charge in [-0.3, -0.25) is 9.48 Å². The summed E-state index contributed by atoms with van der Waals surface area (Å²) < 4.78 is 37.3. The van der Waals surface area contributed by atoms with Gasteiger partial charge in [-0.1, -0.05) is 0 Å². The number of halogens is 1. The second kappa shape index (κ2) is 7.75. The maximum atomic E-state index is 13.2. The maximum Gasteiger partial charge on any atom is 0.248 e. The molecule has 0 atom stereocenters. The lowest BCUT2D eigenvalue weighted by Crippen LogP contribution is -2.12. The number of nitrogens with zero attached hydrogens (tertiary/aromatic N) is 2. The fourth-order valence-electron chi connectivity index (χ4n) is 2.62. The molecule has 0 aliphatic rings. The number of carbonyl (C=O) groups excluding carboxylic acids is 1. The van der Waals surface area contributed by atoms with Crippen molar-refractivity contribution in [1.29, 1.82) is 0 Å². The molecule has 3 rings (SSSR count). The van der Waals surface area contributed by atoms with Crippen molar-refractivity contribution in [2.24, 2.45) is 12.2 Å². The van der Waals surface area contributed by atoms with Crippen molar-refractivity contribution in [3.63, 3.8) is 0 Å². The Balaban J connectivity index is 1.75. The molecule has 0 aliphatic heterocycles. The van der Waals surface area contributed by atoms with Crippen LogP contribution in [0.3, 0.4) is 0 Å². The van der Waals surface area contributed by atoms with Gasteiger partial charge in [0.25, 0.3) is 0 Å². The largest absolute Gasteiger partial charge is 0.323 e. The van der Waals surface area contributed by atoms with E-state index in [2.05, 4.69) is 10.4 Å². The van der Waals surface area contributed by atoms with E-state index >= 15 is 0 Å². The Morgan fingerprint density at radius 1 is 1.14 bits per heavy atom. The van der Waals surface area contributed by atoms with Crippen molar-refractivity contribution in [1.82, 2.24) is 9.78 Å². The van der Waals surface area contributed by atoms with E-state index in [0.717, 1.165) is 11.3 Å². The van der Waals surface area contributed by atoms with E-state index in [4.69, 9.17) is 5.14 Å². The lowest BCUT2D eigenvalue weighted by atomic mass is 10.1. The predicted molar refractivity (Wildman–Crippen MR) is 104 cm³/mol. The fraction of sp³-hybridized carbons (Fsp3) is 0.0526. The molecule has 0 saturated heterocycles. The average molecular weight is 400 g/mol. The summed E-state index contributed by atoms with van der Waals surface area (Å²) in [4.78, 5) is 12.1. The van der Waals surface area contributed by atoms with Gasteiger partial charge in [0.05, 0.1) is 16.8 Å². The Kier molecular flexibility index (Phi) is 5.39. The summed E-state index contributed by atoms with van der Waals surface area (Å²) in [6, 6.07) is 11.5. The summed E-state index contributed by atoms with van der Waals surface area (Å²) in [6.07, 6.45) is 4.53. The van der Waals surface area contributed by atoms with Crippen molar-refractivity contribution < 1.29 is 17.6 Å². The summed E-state index contributed by atoms with van der Waals surface area (Å²) in [6.45, 7) is 0. The number of nitrogens with one attached hydrogen (secondary N) is 1. The summed E-state index contributed by atoms with van der Waals surface area (Å²) in [5, 5.41) is 11.8. The van der Waals surface area contributed by atoms with E-state index in [0.29, 0.717) is 11.3 Å². The highest BCUT2D eigenvalue weighted by Crippen LogP contribution is 2.24. The van der Waals surface area contributed by atoms with Crippen molar-refractivity contribution in [2.75, 3.05) is 5.32 Å². The van der Waals surface area contributed by atoms with Crippen LogP contribution in [0.2, 0.25) is 0 Å². The minimum Gasteiger partial charge on any atom is -0.323 e. The second-order valence-corrected chi connectivity index (χ2v) is 7.53. The molecule has 1 amide bonds. The molecule has 2 aromatic carbocycles. The monoisotopic (exact) mass is 400 g/mol. The van der Waals surface area contributed by atoms with Gasteiger partial charge in [-0.2, -0.15) is 5.10 Å². The quantitative estimate of drug-likeness (QED) is 0.642. The number of nitrogens with two attached hydrogens (primary N) is 1. The third kappa shape index (κ3) is 4.51. The van der Waals surface area contributed by atoms with Crippen LogP contribution < -0.4 is 10.5 Å². The zero-order valence-corrected chi connectivity index (χ0v) is 15.7. The average Bonchev–Trinajstić information content (AvgIpc) is 3.01. The third-order valence-corrected chi connectivity index (χ3v) is 4.88. The van der Waals surface area contributed by atoms with Gasteiger partial charge >= 0.3 is 0 Å². The molecule has 144 valence electrons. The van der Waals surface area contributed by atoms with Crippen molar-refractivity contribution in [3.8, 4) is 11.3 Å². The van der Waals surface area contributed by atoms with Crippen molar-refractivity contribution >= 4 is 27.7 Å². The van der Waals surface area contributed by atoms with Crippen molar-refractivity contribution in [3.05, 3.63) is 72.2 Å². The van der Waals surface area contributed by atoms with Gasteiger partial charge < -0.3 is 5.32 Å². The topological polar surface area (TPSA) is 107 Å². The Bertz CT molecular complexity index is 1130. The zero-order valence-electron chi connectivity index (χ0n) is 14.8. The highest BCUT2D eigenvalue weighted by atomic mass is 32.2. The number of sulfonamides is 1. The van der Waals surface area contributed by atoms with E-state index in [1.54, 1.807) is 36.1 Å². The van der Waals surface area contributed by atoms with Crippen LogP contribution in [0.15, 0.2) is 65.7 Å². The van der Waals surface area contributed by atoms with Crippen LogP contribution >= 0.6 is 0 Å². The Morgan fingerprint density at radius 3 is 2.39 bits per heavy atom. The lowest BCUT2D eigenvalue weighted by molar-refractivity contribution is -0.111. The van der Waals surface area contributed by atoms with E-state index in [9.17, 15) is 17.6 Å². The highest BCUT2D eigenvalue weighted by Gasteiger charge is 2.10. The molecule has 0 radical (unpaired) electrons. The van der Waals surface area contributed by atoms with Gasteiger partial charge in [-0.15, -0.1) is 0 Å². The van der Waals surface area contributed by atoms with Crippen LogP contribution in [0.25, 0.3) is 17.3 Å². The number of anilines is 1. The molecule has 1 aromatic heterocycles. The first-order chi connectivity index (χ1) is 13.2. The van der Waals surface area contributed by atoms with Gasteiger partial charge in [0, 0.05) is 29.9 Å². The molecular formula is C19H17FN4O3S. The first-order valence-corrected chi connectivity index (χ1v) is 9.68. The Labute approximate surface area is 161 Å². The number of aromatic nitrogens is 2. The minimum atomic E-state index is -3.79. The number of primary sulfonamides is 1. The number of amides is 1. The summed E-state index contributed by atoms with van der Waals surface area (Å²) >= 11 is 0. The van der Waals surface area contributed by atoms with Crippen LogP contribution in [0.1, 0.15) is 5.56 Å². The number of carbonyl (C=O) groups is 1. The minimum absolute atomic E-state index is 0.0414. The molecule has 1 heterocycles. The normalized spacial score (nSPS) is 11.7. The molecule has 9 heteroatoms. The molecule has 0 fully saturated rings. The molecule has 7 nitrogen and oxygen atoms in total. The molecule has 0 aliphatic carbocycles. The van der Waals surface area contributed by atoms with Crippen LogP contribution in [0, 0.1) is 5.82 Å². The van der Waals surface area contributed by atoms with E-state index in [1.807, 2.05) is 0 Å². The number of hydrogen-bond donors (Lipinski definition) is 2. The number of rotatable bonds is 5. The van der Waals surface area contributed by atoms with Crippen LogP contribution in [0.4, 0.5) is 10.1 Å². The highest BCUT2D eigenvalue weighted by molar-refractivity contribution is 7.89. The number of benzene rings is 2. The molecular weight excluding hydrogens is 383 g/mol. The first kappa shape index (κ1) is 19.5. The zero-order chi connectivity index (χ0) is 20.3. The summed E-state index contributed by atoms with van der Waals surface area (Å²) in [7, 11) is -2.03. The number of aryl methyl sites for hydroxylation is 1. The van der Waals surface area contributed by atoms with Gasteiger partial charge in [0.2, 0.25) is 15.9 Å². The van der Waals surface area contributed by atoms with Gasteiger partial charge in [-0.25, -0.2) is 17.9 Å². The number of hydrogen-bond acceptors (Lipinski definition) is 4. The van der Waals surface area contributed by atoms with Crippen LogP contribution in [-0.4, -0.2) is 24.1 Å². The van der Waals surface area contributed by atoms with Gasteiger partial charge in [0.15, 0.2) is 0 Å². The van der Waals surface area contributed by atoms with Gasteiger partial charge in [0.1, 0.15) is 5.82 Å². The summed E-state index contributed by atoms with van der Waals surface area (Å²) in [5.41, 5.74) is 2.61. The smallest absolute Gasteiger partial charge is 0.248 e. The lowest BCUT2D eigenvalue weighted by Gasteiger charge is -2.05. The Morgan fingerprint density at radius 2 is 1.79 bits per heavy atom. The predicted octanol–water partition coefficient (Wildman–Crippen LogP) is 2.53. The van der Waals surface area contributed by atoms with E-state index in [1.165, 1.54) is 42.5 Å². The molecule has 0 bridgehead atoms. The van der Waals surface area contributed by atoms with Crippen molar-refractivity contribution in [2.45, 2.75) is 4.90 Å². The second-order valence-electron chi connectivity index (χ2n) is 5.97. The van der Waals surface area contributed by atoms with Gasteiger partial charge in [-0.05, 0) is 54.6 Å². The molecule has 0 spiro atoms. The molecule has 0 saturated carbocycles. The SMILES string of the molecule is Cn1ncc(C=CC(=O)Nc2ccc(S(N)(=O)=O)cc2)c1-c1ccc(F)cc1. The molecule has 28 heavy (non-hydrogen) atoms. The first-order valence-electron chi connectivity index (χ1n) is 8.14. The maximum absolute atomic E-state index is 13.2.